The number of hydrogen-bond donors (Lipinski definition) is 1. The van der Waals surface area contributed by atoms with Crippen LogP contribution in [0.2, 0.25) is 0 Å². The molecule has 1 aromatic heterocycles. The molecule has 0 amide bonds. The number of imidazole rings is 1. The summed E-state index contributed by atoms with van der Waals surface area (Å²) in [7, 11) is 1.93. The van der Waals surface area contributed by atoms with Crippen molar-refractivity contribution in [1.82, 2.24) is 9.55 Å². The third-order valence-corrected chi connectivity index (χ3v) is 1.80. The minimum atomic E-state index is -0.137. The lowest BCUT2D eigenvalue weighted by molar-refractivity contribution is 0.0664. The summed E-state index contributed by atoms with van der Waals surface area (Å²) < 4.78 is 7.32. The smallest absolute Gasteiger partial charge is 0.127 e. The molecule has 1 atom stereocenters. The molecule has 1 heterocycles. The van der Waals surface area contributed by atoms with E-state index in [2.05, 4.69) is 4.98 Å². The van der Waals surface area contributed by atoms with E-state index >= 15 is 0 Å². The summed E-state index contributed by atoms with van der Waals surface area (Å²) in [5, 5.41) is 0. The maximum atomic E-state index is 5.88. The zero-order chi connectivity index (χ0) is 9.84. The highest BCUT2D eigenvalue weighted by molar-refractivity contribution is 4.97. The molecule has 2 N–H and O–H groups in total. The number of aromatic nitrogens is 2. The van der Waals surface area contributed by atoms with Crippen LogP contribution in [0.1, 0.15) is 25.7 Å². The van der Waals surface area contributed by atoms with Crippen LogP contribution in [0.3, 0.4) is 0 Å². The highest BCUT2D eigenvalue weighted by Crippen LogP contribution is 2.07. The number of ether oxygens (including phenoxy) is 1. The van der Waals surface area contributed by atoms with E-state index in [1.807, 2.05) is 31.7 Å². The van der Waals surface area contributed by atoms with Gasteiger partial charge in [-0.25, -0.2) is 4.98 Å². The van der Waals surface area contributed by atoms with Crippen LogP contribution < -0.4 is 5.73 Å². The number of nitrogens with zero attached hydrogens (tertiary/aromatic N) is 2. The molecule has 0 bridgehead atoms. The molecular formula is C9H17N3O. The Morgan fingerprint density at radius 3 is 2.77 bits per heavy atom. The Kier molecular flexibility index (Phi) is 3.45. The summed E-state index contributed by atoms with van der Waals surface area (Å²) in [4.78, 5) is 4.15. The van der Waals surface area contributed by atoms with Crippen LogP contribution in [-0.4, -0.2) is 22.3 Å². The van der Waals surface area contributed by atoms with Crippen molar-refractivity contribution in [3.63, 3.8) is 0 Å². The van der Waals surface area contributed by atoms with Crippen LogP contribution in [0.4, 0.5) is 0 Å². The Morgan fingerprint density at radius 1 is 1.62 bits per heavy atom. The van der Waals surface area contributed by atoms with Crippen molar-refractivity contribution in [3.8, 4) is 0 Å². The van der Waals surface area contributed by atoms with E-state index in [-0.39, 0.29) is 12.1 Å². The Bertz CT molecular complexity index is 257. The van der Waals surface area contributed by atoms with E-state index in [4.69, 9.17) is 10.5 Å². The first kappa shape index (κ1) is 10.2. The normalized spacial score (nSPS) is 13.6. The Hall–Kier alpha value is -0.870. The van der Waals surface area contributed by atoms with Gasteiger partial charge in [0.1, 0.15) is 5.82 Å². The molecule has 13 heavy (non-hydrogen) atoms. The molecule has 1 rings (SSSR count). The van der Waals surface area contributed by atoms with Gasteiger partial charge >= 0.3 is 0 Å². The van der Waals surface area contributed by atoms with Crippen molar-refractivity contribution in [1.29, 1.82) is 0 Å². The van der Waals surface area contributed by atoms with E-state index in [1.165, 1.54) is 0 Å². The molecule has 74 valence electrons. The van der Waals surface area contributed by atoms with Crippen molar-refractivity contribution in [2.75, 3.05) is 6.61 Å². The van der Waals surface area contributed by atoms with E-state index in [0.29, 0.717) is 6.61 Å². The summed E-state index contributed by atoms with van der Waals surface area (Å²) in [6.45, 7) is 4.50. The third-order valence-electron chi connectivity index (χ3n) is 1.80. The number of hydrogen-bond acceptors (Lipinski definition) is 3. The highest BCUT2D eigenvalue weighted by atomic mass is 16.5. The quantitative estimate of drug-likeness (QED) is 0.752. The van der Waals surface area contributed by atoms with Gasteiger partial charge in [-0.15, -0.1) is 0 Å². The maximum absolute atomic E-state index is 5.88. The molecule has 1 aromatic rings. The first-order valence-electron chi connectivity index (χ1n) is 4.45. The van der Waals surface area contributed by atoms with Gasteiger partial charge in [0.25, 0.3) is 0 Å². The fourth-order valence-electron chi connectivity index (χ4n) is 1.11. The Balaban J connectivity index is 2.49. The average molecular weight is 183 g/mol. The minimum Gasteiger partial charge on any atom is -0.377 e. The standard InChI is InChI=1S/C9H17N3O/c1-7(2)13-6-8(10)9-11-4-5-12(9)3/h4-5,7-8H,6,10H2,1-3H3. The summed E-state index contributed by atoms with van der Waals surface area (Å²) in [5.74, 6) is 0.862. The maximum Gasteiger partial charge on any atom is 0.127 e. The topological polar surface area (TPSA) is 53.1 Å². The first-order valence-corrected chi connectivity index (χ1v) is 4.45. The first-order chi connectivity index (χ1) is 6.11. The predicted molar refractivity (Wildman–Crippen MR) is 51.2 cm³/mol. The van der Waals surface area contributed by atoms with Gasteiger partial charge in [-0.1, -0.05) is 0 Å². The van der Waals surface area contributed by atoms with Crippen LogP contribution in [0, 0.1) is 0 Å². The number of rotatable bonds is 4. The molecule has 0 saturated carbocycles. The average Bonchev–Trinajstić information content (AvgIpc) is 2.47. The molecule has 0 aliphatic carbocycles. The lowest BCUT2D eigenvalue weighted by atomic mass is 10.3. The van der Waals surface area contributed by atoms with Gasteiger partial charge in [0.05, 0.1) is 18.8 Å². The van der Waals surface area contributed by atoms with E-state index in [1.54, 1.807) is 6.20 Å². The summed E-state index contributed by atoms with van der Waals surface area (Å²) in [6, 6.07) is -0.137. The van der Waals surface area contributed by atoms with Crippen LogP contribution in [0.25, 0.3) is 0 Å². The zero-order valence-corrected chi connectivity index (χ0v) is 8.40. The second-order valence-electron chi connectivity index (χ2n) is 3.38. The van der Waals surface area contributed by atoms with Gasteiger partial charge in [0.2, 0.25) is 0 Å². The third kappa shape index (κ3) is 2.82. The zero-order valence-electron chi connectivity index (χ0n) is 8.40. The van der Waals surface area contributed by atoms with Crippen LogP contribution >= 0.6 is 0 Å². The van der Waals surface area contributed by atoms with Gasteiger partial charge < -0.3 is 15.0 Å². The molecular weight excluding hydrogens is 166 g/mol. The molecule has 0 saturated heterocycles. The fraction of sp³-hybridized carbons (Fsp3) is 0.667. The molecule has 0 aromatic carbocycles. The number of nitrogens with two attached hydrogens (primary N) is 1. The number of aryl methyl sites for hydroxylation is 1. The predicted octanol–water partition coefficient (Wildman–Crippen LogP) is 0.845. The van der Waals surface area contributed by atoms with Crippen molar-refractivity contribution in [2.45, 2.75) is 26.0 Å². The molecule has 4 nitrogen and oxygen atoms in total. The van der Waals surface area contributed by atoms with Gasteiger partial charge in [-0.3, -0.25) is 0 Å². The monoisotopic (exact) mass is 183 g/mol. The molecule has 0 aliphatic rings. The molecule has 0 radical (unpaired) electrons. The SMILES string of the molecule is CC(C)OCC(N)c1nccn1C. The summed E-state index contributed by atoms with van der Waals surface area (Å²) in [6.07, 6.45) is 3.83. The molecule has 0 aliphatic heterocycles. The van der Waals surface area contributed by atoms with Crippen LogP contribution in [0.5, 0.6) is 0 Å². The van der Waals surface area contributed by atoms with Crippen molar-refractivity contribution < 1.29 is 4.74 Å². The van der Waals surface area contributed by atoms with Crippen molar-refractivity contribution in [3.05, 3.63) is 18.2 Å². The molecule has 0 fully saturated rings. The Morgan fingerprint density at radius 2 is 2.31 bits per heavy atom. The summed E-state index contributed by atoms with van der Waals surface area (Å²) in [5.41, 5.74) is 5.88. The molecule has 1 unspecified atom stereocenters. The van der Waals surface area contributed by atoms with E-state index < -0.39 is 0 Å². The van der Waals surface area contributed by atoms with E-state index in [9.17, 15) is 0 Å². The van der Waals surface area contributed by atoms with Crippen molar-refractivity contribution in [2.24, 2.45) is 12.8 Å². The van der Waals surface area contributed by atoms with Gasteiger partial charge in [0.15, 0.2) is 0 Å². The largest absolute Gasteiger partial charge is 0.377 e. The summed E-state index contributed by atoms with van der Waals surface area (Å²) >= 11 is 0. The lowest BCUT2D eigenvalue weighted by Crippen LogP contribution is -2.22. The van der Waals surface area contributed by atoms with Crippen LogP contribution in [-0.2, 0) is 11.8 Å². The molecule has 0 spiro atoms. The second-order valence-corrected chi connectivity index (χ2v) is 3.38. The lowest BCUT2D eigenvalue weighted by Gasteiger charge is -2.13. The Labute approximate surface area is 78.7 Å². The van der Waals surface area contributed by atoms with E-state index in [0.717, 1.165) is 5.82 Å². The molecule has 4 heteroatoms. The minimum absolute atomic E-state index is 0.137. The van der Waals surface area contributed by atoms with Gasteiger partial charge in [-0.2, -0.15) is 0 Å². The second kappa shape index (κ2) is 4.39. The van der Waals surface area contributed by atoms with Gasteiger partial charge in [-0.05, 0) is 13.8 Å². The fourth-order valence-corrected chi connectivity index (χ4v) is 1.11. The van der Waals surface area contributed by atoms with Gasteiger partial charge in [0, 0.05) is 19.4 Å². The van der Waals surface area contributed by atoms with Crippen molar-refractivity contribution >= 4 is 0 Å². The highest BCUT2D eigenvalue weighted by Gasteiger charge is 2.11. The van der Waals surface area contributed by atoms with Crippen LogP contribution in [0.15, 0.2) is 12.4 Å².